The van der Waals surface area contributed by atoms with Crippen LogP contribution in [0.1, 0.15) is 72.1 Å². The topological polar surface area (TPSA) is 99.8 Å². The maximum absolute atomic E-state index is 11.3. The Kier molecular flexibility index (Phi) is 15.5. The Bertz CT molecular complexity index is 440. The van der Waals surface area contributed by atoms with Crippen LogP contribution < -0.4 is 16.4 Å². The van der Waals surface area contributed by atoms with Crippen LogP contribution in [0.25, 0.3) is 0 Å². The molecule has 0 saturated carbocycles. The van der Waals surface area contributed by atoms with E-state index in [9.17, 15) is 9.59 Å². The highest BCUT2D eigenvalue weighted by Gasteiger charge is 2.12. The van der Waals surface area contributed by atoms with Crippen LogP contribution in [-0.2, 0) is 9.59 Å². The summed E-state index contributed by atoms with van der Waals surface area (Å²) in [5.41, 5.74) is 5.86. The summed E-state index contributed by atoms with van der Waals surface area (Å²) in [6.07, 6.45) is 8.74. The Balaban J connectivity index is 3.48. The summed E-state index contributed by atoms with van der Waals surface area (Å²) in [5.74, 6) is 0.790. The summed E-state index contributed by atoms with van der Waals surface area (Å²) < 4.78 is 0. The highest BCUT2D eigenvalue weighted by Crippen LogP contribution is 2.04. The molecule has 0 aliphatic rings. The zero-order valence-electron chi connectivity index (χ0n) is 17.9. The van der Waals surface area contributed by atoms with Gasteiger partial charge in [-0.3, -0.25) is 19.5 Å². The van der Waals surface area contributed by atoms with Gasteiger partial charge in [-0.1, -0.05) is 25.7 Å². The van der Waals surface area contributed by atoms with Crippen molar-refractivity contribution in [1.29, 1.82) is 0 Å². The average molecular weight is 384 g/mol. The molecule has 0 saturated heterocycles. The summed E-state index contributed by atoms with van der Waals surface area (Å²) in [7, 11) is 2.01. The van der Waals surface area contributed by atoms with Gasteiger partial charge in [0.25, 0.3) is 0 Å². The van der Waals surface area contributed by atoms with E-state index in [2.05, 4.69) is 20.5 Å². The molecule has 0 aromatic heterocycles. The Morgan fingerprint density at radius 2 is 1.48 bits per heavy atom. The monoisotopic (exact) mass is 383 g/mol. The summed E-state index contributed by atoms with van der Waals surface area (Å²) in [4.78, 5) is 28.5. The zero-order valence-corrected chi connectivity index (χ0v) is 17.9. The van der Waals surface area contributed by atoms with Gasteiger partial charge in [0.1, 0.15) is 5.78 Å². The normalized spacial score (nSPS) is 12.9. The molecule has 7 heteroatoms. The molecule has 4 N–H and O–H groups in total. The van der Waals surface area contributed by atoms with Crippen LogP contribution in [0.5, 0.6) is 0 Å². The average Bonchev–Trinajstić information content (AvgIpc) is 2.61. The fourth-order valence-corrected chi connectivity index (χ4v) is 2.67. The lowest BCUT2D eigenvalue weighted by molar-refractivity contribution is -0.121. The Morgan fingerprint density at radius 3 is 2.07 bits per heavy atom. The van der Waals surface area contributed by atoms with Crippen molar-refractivity contribution in [2.45, 2.75) is 78.2 Å². The SMILES string of the molecule is CC(=O)NCCCCCCNC(N)=NCCCCCCN(C)[C@H](C)C(C)=O. The smallest absolute Gasteiger partial charge is 0.216 e. The molecule has 0 bridgehead atoms. The van der Waals surface area contributed by atoms with Gasteiger partial charge in [0.15, 0.2) is 5.96 Å². The van der Waals surface area contributed by atoms with E-state index in [-0.39, 0.29) is 17.7 Å². The van der Waals surface area contributed by atoms with E-state index in [0.717, 1.165) is 77.5 Å². The number of rotatable bonds is 16. The summed E-state index contributed by atoms with van der Waals surface area (Å²) >= 11 is 0. The van der Waals surface area contributed by atoms with Gasteiger partial charge in [0.2, 0.25) is 5.91 Å². The van der Waals surface area contributed by atoms with Crippen LogP contribution in [0, 0.1) is 0 Å². The minimum Gasteiger partial charge on any atom is -0.370 e. The van der Waals surface area contributed by atoms with Crippen molar-refractivity contribution in [2.75, 3.05) is 33.2 Å². The molecule has 0 aromatic rings. The number of likely N-dealkylation sites (N-methyl/N-ethyl adjacent to an activating group) is 1. The van der Waals surface area contributed by atoms with Crippen molar-refractivity contribution in [3.8, 4) is 0 Å². The molecule has 27 heavy (non-hydrogen) atoms. The molecule has 7 nitrogen and oxygen atoms in total. The fraction of sp³-hybridized carbons (Fsp3) is 0.850. The minimum atomic E-state index is 0.0117. The van der Waals surface area contributed by atoms with Gasteiger partial charge < -0.3 is 16.4 Å². The van der Waals surface area contributed by atoms with Crippen molar-refractivity contribution in [2.24, 2.45) is 10.7 Å². The lowest BCUT2D eigenvalue weighted by Gasteiger charge is -2.22. The van der Waals surface area contributed by atoms with Crippen LogP contribution in [0.4, 0.5) is 0 Å². The third-order valence-corrected chi connectivity index (χ3v) is 4.73. The number of carbonyl (C=O) groups excluding carboxylic acids is 2. The lowest BCUT2D eigenvalue weighted by atomic mass is 10.1. The van der Waals surface area contributed by atoms with Crippen LogP contribution >= 0.6 is 0 Å². The van der Waals surface area contributed by atoms with Crippen molar-refractivity contribution in [3.63, 3.8) is 0 Å². The molecule has 0 fully saturated rings. The number of Topliss-reactive ketones (excluding diaryl/α,β-unsaturated/α-hetero) is 1. The number of nitrogens with zero attached hydrogens (tertiary/aromatic N) is 2. The lowest BCUT2D eigenvalue weighted by Crippen LogP contribution is -2.35. The maximum Gasteiger partial charge on any atom is 0.216 e. The second kappa shape index (κ2) is 16.5. The van der Waals surface area contributed by atoms with Gasteiger partial charge in [-0.25, -0.2) is 0 Å². The number of aliphatic imine (C=N–C) groups is 1. The van der Waals surface area contributed by atoms with E-state index in [4.69, 9.17) is 5.73 Å². The first-order chi connectivity index (χ1) is 12.8. The Hall–Kier alpha value is -1.63. The second-order valence-electron chi connectivity index (χ2n) is 7.27. The van der Waals surface area contributed by atoms with Crippen molar-refractivity contribution in [1.82, 2.24) is 15.5 Å². The highest BCUT2D eigenvalue weighted by molar-refractivity contribution is 5.80. The third kappa shape index (κ3) is 16.3. The minimum absolute atomic E-state index is 0.0117. The second-order valence-corrected chi connectivity index (χ2v) is 7.27. The van der Waals surface area contributed by atoms with E-state index >= 15 is 0 Å². The van der Waals surface area contributed by atoms with Gasteiger partial charge in [-0.2, -0.15) is 0 Å². The molecule has 1 atom stereocenters. The number of carbonyl (C=O) groups is 2. The molecule has 0 aliphatic heterocycles. The predicted molar refractivity (Wildman–Crippen MR) is 113 cm³/mol. The third-order valence-electron chi connectivity index (χ3n) is 4.73. The van der Waals surface area contributed by atoms with Crippen molar-refractivity contribution >= 4 is 17.6 Å². The number of nitrogens with two attached hydrogens (primary N) is 1. The van der Waals surface area contributed by atoms with Crippen LogP contribution in [-0.4, -0.2) is 61.8 Å². The van der Waals surface area contributed by atoms with Gasteiger partial charge in [0, 0.05) is 26.6 Å². The van der Waals surface area contributed by atoms with Gasteiger partial charge in [-0.05, 0) is 53.1 Å². The first kappa shape index (κ1) is 25.4. The molecule has 1 amide bonds. The molecule has 0 radical (unpaired) electrons. The molecule has 0 aliphatic carbocycles. The van der Waals surface area contributed by atoms with E-state index < -0.39 is 0 Å². The number of amides is 1. The van der Waals surface area contributed by atoms with Gasteiger partial charge >= 0.3 is 0 Å². The standard InChI is InChI=1S/C20H41N5O2/c1-17(18(2)26)25(4)16-12-8-7-11-15-24-20(21)23-14-10-6-5-9-13-22-19(3)27/h17H,5-16H2,1-4H3,(H,22,27)(H3,21,23,24)/t17-/m1/s1. The van der Waals surface area contributed by atoms with E-state index in [1.165, 1.54) is 0 Å². The molecular weight excluding hydrogens is 342 g/mol. The van der Waals surface area contributed by atoms with Crippen LogP contribution in [0.3, 0.4) is 0 Å². The molecule has 0 rings (SSSR count). The molecule has 158 valence electrons. The first-order valence-corrected chi connectivity index (χ1v) is 10.3. The van der Waals surface area contributed by atoms with E-state index in [0.29, 0.717) is 5.96 Å². The largest absolute Gasteiger partial charge is 0.370 e. The van der Waals surface area contributed by atoms with E-state index in [1.807, 2.05) is 14.0 Å². The Morgan fingerprint density at radius 1 is 0.926 bits per heavy atom. The quantitative estimate of drug-likeness (QED) is 0.215. The number of nitrogens with one attached hydrogen (secondary N) is 2. The summed E-state index contributed by atoms with van der Waals surface area (Å²) in [6.45, 7) is 8.47. The van der Waals surface area contributed by atoms with E-state index in [1.54, 1.807) is 13.8 Å². The fourth-order valence-electron chi connectivity index (χ4n) is 2.67. The Labute approximate surface area is 165 Å². The number of unbranched alkanes of at least 4 members (excludes halogenated alkanes) is 6. The van der Waals surface area contributed by atoms with Crippen molar-refractivity contribution in [3.05, 3.63) is 0 Å². The summed E-state index contributed by atoms with van der Waals surface area (Å²) in [5, 5.41) is 5.95. The maximum atomic E-state index is 11.3. The predicted octanol–water partition coefficient (Wildman–Crippen LogP) is 2.06. The van der Waals surface area contributed by atoms with Gasteiger partial charge in [-0.15, -0.1) is 0 Å². The van der Waals surface area contributed by atoms with Gasteiger partial charge in [0.05, 0.1) is 6.04 Å². The number of guanidine groups is 1. The van der Waals surface area contributed by atoms with Crippen molar-refractivity contribution < 1.29 is 9.59 Å². The molecule has 0 spiro atoms. The molecule has 0 unspecified atom stereocenters. The van der Waals surface area contributed by atoms with Crippen LogP contribution in [0.2, 0.25) is 0 Å². The zero-order chi connectivity index (χ0) is 20.5. The first-order valence-electron chi connectivity index (χ1n) is 10.3. The highest BCUT2D eigenvalue weighted by atomic mass is 16.1. The molecule has 0 heterocycles. The molecule has 0 aromatic carbocycles. The number of hydrogen-bond acceptors (Lipinski definition) is 4. The molecular formula is C20H41N5O2. The summed E-state index contributed by atoms with van der Waals surface area (Å²) in [6, 6.07) is 0.0117. The number of ketones is 1. The number of hydrogen-bond donors (Lipinski definition) is 3. The van der Waals surface area contributed by atoms with Crippen LogP contribution in [0.15, 0.2) is 4.99 Å².